The summed E-state index contributed by atoms with van der Waals surface area (Å²) >= 11 is 0. The Kier molecular flexibility index (Phi) is 6.27. The van der Waals surface area contributed by atoms with Crippen molar-refractivity contribution >= 4 is 71.7 Å². The molecular weight excluding hydrogens is 673 g/mol. The standard InChI is InChI=1S/C50H30N4O/c1-2-14-34(15-3-1)53-42-21-8-5-17-37(42)40-30-33(26-29-43(40)53)47-49-48(39-18-6-9-23-45(39)55-49)52-50(51-47)32-24-27-35(28-25-32)54-41-20-7-4-16-36(41)38-19-10-12-31-13-11-22-44(54)46(31)38/h1-30H. The van der Waals surface area contributed by atoms with Crippen molar-refractivity contribution in [2.45, 2.75) is 0 Å². The highest BCUT2D eigenvalue weighted by molar-refractivity contribution is 6.14. The molecule has 1 aliphatic rings. The molecule has 0 radical (unpaired) electrons. The molecule has 0 spiro atoms. The molecule has 256 valence electrons. The number of fused-ring (bicyclic) bond motifs is 8. The summed E-state index contributed by atoms with van der Waals surface area (Å²) < 4.78 is 8.89. The van der Waals surface area contributed by atoms with E-state index in [0.29, 0.717) is 11.4 Å². The first-order valence-corrected chi connectivity index (χ1v) is 18.6. The number of rotatable bonds is 4. The van der Waals surface area contributed by atoms with Crippen LogP contribution in [-0.2, 0) is 0 Å². The maximum atomic E-state index is 6.55. The average Bonchev–Trinajstić information content (AvgIpc) is 3.80. The van der Waals surface area contributed by atoms with Crippen molar-refractivity contribution in [2.24, 2.45) is 0 Å². The Labute approximate surface area is 316 Å². The fraction of sp³-hybridized carbons (Fsp3) is 0. The molecule has 0 saturated carbocycles. The van der Waals surface area contributed by atoms with E-state index in [9.17, 15) is 0 Å². The van der Waals surface area contributed by atoms with Gasteiger partial charge in [0.25, 0.3) is 0 Å². The summed E-state index contributed by atoms with van der Waals surface area (Å²) in [6, 6.07) is 64.3. The fourth-order valence-electron chi connectivity index (χ4n) is 8.69. The van der Waals surface area contributed by atoms with Gasteiger partial charge in [0.1, 0.15) is 16.8 Å². The lowest BCUT2D eigenvalue weighted by atomic mass is 9.91. The topological polar surface area (TPSA) is 47.1 Å². The highest BCUT2D eigenvalue weighted by atomic mass is 16.3. The minimum Gasteiger partial charge on any atom is -0.452 e. The van der Waals surface area contributed by atoms with E-state index in [1.807, 2.05) is 18.2 Å². The summed E-state index contributed by atoms with van der Waals surface area (Å²) in [7, 11) is 0. The molecular formula is C50H30N4O. The van der Waals surface area contributed by atoms with E-state index >= 15 is 0 Å². The first kappa shape index (κ1) is 30.0. The van der Waals surface area contributed by atoms with Crippen LogP contribution < -0.4 is 4.90 Å². The Bertz CT molecular complexity index is 3320. The predicted molar refractivity (Wildman–Crippen MR) is 226 cm³/mol. The Morgan fingerprint density at radius 1 is 0.455 bits per heavy atom. The molecule has 1 aliphatic heterocycles. The first-order valence-electron chi connectivity index (χ1n) is 18.6. The van der Waals surface area contributed by atoms with Crippen molar-refractivity contribution in [2.75, 3.05) is 4.90 Å². The van der Waals surface area contributed by atoms with Gasteiger partial charge >= 0.3 is 0 Å². The predicted octanol–water partition coefficient (Wildman–Crippen LogP) is 13.4. The lowest BCUT2D eigenvalue weighted by Crippen LogP contribution is -2.14. The number of aromatic nitrogens is 3. The van der Waals surface area contributed by atoms with Crippen molar-refractivity contribution in [3.63, 3.8) is 0 Å². The van der Waals surface area contributed by atoms with Gasteiger partial charge in [-0.2, -0.15) is 0 Å². The summed E-state index contributed by atoms with van der Waals surface area (Å²) in [5.41, 5.74) is 14.3. The van der Waals surface area contributed by atoms with Crippen LogP contribution in [0.5, 0.6) is 0 Å². The zero-order valence-electron chi connectivity index (χ0n) is 29.5. The van der Waals surface area contributed by atoms with Crippen LogP contribution in [-0.4, -0.2) is 14.5 Å². The largest absolute Gasteiger partial charge is 0.452 e. The Morgan fingerprint density at radius 2 is 1.15 bits per heavy atom. The zero-order valence-corrected chi connectivity index (χ0v) is 29.5. The molecule has 4 heterocycles. The molecule has 3 aromatic heterocycles. The van der Waals surface area contributed by atoms with E-state index in [2.05, 4.69) is 173 Å². The Morgan fingerprint density at radius 3 is 2.04 bits per heavy atom. The van der Waals surface area contributed by atoms with Crippen molar-refractivity contribution in [1.29, 1.82) is 0 Å². The molecule has 0 atom stereocenters. The number of hydrogen-bond donors (Lipinski definition) is 0. The maximum absolute atomic E-state index is 6.55. The van der Waals surface area contributed by atoms with Gasteiger partial charge in [-0.05, 0) is 89.8 Å². The number of benzene rings is 8. The highest BCUT2D eigenvalue weighted by Crippen LogP contribution is 2.51. The van der Waals surface area contributed by atoms with Crippen LogP contribution in [0, 0.1) is 0 Å². The van der Waals surface area contributed by atoms with Gasteiger partial charge in [-0.15, -0.1) is 0 Å². The molecule has 11 aromatic rings. The molecule has 0 aliphatic carbocycles. The van der Waals surface area contributed by atoms with Crippen LogP contribution in [0.25, 0.3) is 94.1 Å². The summed E-state index contributed by atoms with van der Waals surface area (Å²) in [6.45, 7) is 0. The van der Waals surface area contributed by atoms with E-state index in [-0.39, 0.29) is 0 Å². The number of hydrogen-bond acceptors (Lipinski definition) is 4. The molecule has 0 fully saturated rings. The first-order chi connectivity index (χ1) is 27.3. The summed E-state index contributed by atoms with van der Waals surface area (Å²) in [5, 5.41) is 5.81. The van der Waals surface area contributed by atoms with E-state index in [0.717, 1.165) is 66.8 Å². The van der Waals surface area contributed by atoms with Crippen molar-refractivity contribution < 1.29 is 4.42 Å². The molecule has 0 amide bonds. The van der Waals surface area contributed by atoms with Gasteiger partial charge in [0.2, 0.25) is 0 Å². The Hall–Kier alpha value is -7.50. The highest BCUT2D eigenvalue weighted by Gasteiger charge is 2.26. The van der Waals surface area contributed by atoms with Gasteiger partial charge in [0.05, 0.1) is 22.4 Å². The fourth-order valence-corrected chi connectivity index (χ4v) is 8.69. The van der Waals surface area contributed by atoms with E-state index in [1.165, 1.54) is 33.0 Å². The van der Waals surface area contributed by atoms with Crippen LogP contribution in [0.2, 0.25) is 0 Å². The summed E-state index contributed by atoms with van der Waals surface area (Å²) in [6.07, 6.45) is 0. The number of anilines is 3. The van der Waals surface area contributed by atoms with Crippen LogP contribution in [0.1, 0.15) is 0 Å². The summed E-state index contributed by atoms with van der Waals surface area (Å²) in [5.74, 6) is 0.652. The maximum Gasteiger partial charge on any atom is 0.180 e. The minimum absolute atomic E-state index is 0.652. The van der Waals surface area contributed by atoms with Gasteiger partial charge in [0, 0.05) is 49.6 Å². The lowest BCUT2D eigenvalue weighted by Gasteiger charge is -2.33. The SMILES string of the molecule is c1ccc(-n2c3ccccc3c3cc(-c4nc(-c5ccc(N6c7ccccc7-c7cccc8cccc6c78)cc5)nc5c4oc4ccccc45)ccc32)cc1. The molecule has 5 heteroatoms. The minimum atomic E-state index is 0.652. The van der Waals surface area contributed by atoms with Crippen LogP contribution in [0.3, 0.4) is 0 Å². The lowest BCUT2D eigenvalue weighted by molar-refractivity contribution is 0.667. The molecule has 12 rings (SSSR count). The second-order valence-electron chi connectivity index (χ2n) is 14.2. The molecule has 0 saturated heterocycles. The average molecular weight is 703 g/mol. The molecule has 0 bridgehead atoms. The number of furan rings is 1. The van der Waals surface area contributed by atoms with Crippen LogP contribution in [0.15, 0.2) is 186 Å². The van der Waals surface area contributed by atoms with Gasteiger partial charge in [-0.3, -0.25) is 0 Å². The third kappa shape index (κ3) is 4.41. The third-order valence-corrected chi connectivity index (χ3v) is 11.1. The van der Waals surface area contributed by atoms with Gasteiger partial charge in [0.15, 0.2) is 11.4 Å². The van der Waals surface area contributed by atoms with Gasteiger partial charge in [-0.25, -0.2) is 9.97 Å². The van der Waals surface area contributed by atoms with Crippen LogP contribution >= 0.6 is 0 Å². The summed E-state index contributed by atoms with van der Waals surface area (Å²) in [4.78, 5) is 12.9. The molecule has 0 unspecified atom stereocenters. The van der Waals surface area contributed by atoms with Gasteiger partial charge in [-0.1, -0.05) is 103 Å². The van der Waals surface area contributed by atoms with E-state index in [4.69, 9.17) is 14.4 Å². The molecule has 0 N–H and O–H groups in total. The third-order valence-electron chi connectivity index (χ3n) is 11.1. The van der Waals surface area contributed by atoms with Crippen LogP contribution in [0.4, 0.5) is 17.1 Å². The normalized spacial score (nSPS) is 12.3. The molecule has 55 heavy (non-hydrogen) atoms. The molecule has 5 nitrogen and oxygen atoms in total. The number of nitrogens with zero attached hydrogens (tertiary/aromatic N) is 4. The van der Waals surface area contributed by atoms with E-state index < -0.39 is 0 Å². The molecule has 8 aromatic carbocycles. The van der Waals surface area contributed by atoms with Crippen molar-refractivity contribution in [3.8, 4) is 39.5 Å². The second kappa shape index (κ2) is 11.5. The zero-order chi connectivity index (χ0) is 36.0. The Balaban J connectivity index is 1.03. The smallest absolute Gasteiger partial charge is 0.180 e. The van der Waals surface area contributed by atoms with Crippen molar-refractivity contribution in [1.82, 2.24) is 14.5 Å². The quantitative estimate of drug-likeness (QED) is 0.183. The second-order valence-corrected chi connectivity index (χ2v) is 14.2. The number of para-hydroxylation sites is 4. The van der Waals surface area contributed by atoms with Crippen molar-refractivity contribution in [3.05, 3.63) is 182 Å². The van der Waals surface area contributed by atoms with Gasteiger partial charge < -0.3 is 13.9 Å². The van der Waals surface area contributed by atoms with E-state index in [1.54, 1.807) is 0 Å². The monoisotopic (exact) mass is 702 g/mol.